The van der Waals surface area contributed by atoms with E-state index in [4.69, 9.17) is 0 Å². The third-order valence-corrected chi connectivity index (χ3v) is 2.91. The molecule has 0 amide bonds. The highest BCUT2D eigenvalue weighted by molar-refractivity contribution is 5.67. The van der Waals surface area contributed by atoms with Gasteiger partial charge < -0.3 is 0 Å². The molecule has 0 unspecified atom stereocenters. The van der Waals surface area contributed by atoms with Gasteiger partial charge in [-0.1, -0.05) is 25.1 Å². The van der Waals surface area contributed by atoms with Crippen molar-refractivity contribution in [2.75, 3.05) is 0 Å². The average Bonchev–Trinajstić information content (AvgIpc) is 2.28. The van der Waals surface area contributed by atoms with Crippen molar-refractivity contribution in [2.24, 2.45) is 0 Å². The van der Waals surface area contributed by atoms with Crippen LogP contribution < -0.4 is 0 Å². The summed E-state index contributed by atoms with van der Waals surface area (Å²) < 4.78 is 0. The Kier molecular flexibility index (Phi) is 3.04. The van der Waals surface area contributed by atoms with Gasteiger partial charge in [-0.15, -0.1) is 0 Å². The van der Waals surface area contributed by atoms with Gasteiger partial charge in [0.05, 0.1) is 0 Å². The first-order valence-electron chi connectivity index (χ1n) is 5.73. The molecule has 16 heavy (non-hydrogen) atoms. The summed E-state index contributed by atoms with van der Waals surface area (Å²) in [4.78, 5) is 4.23. The van der Waals surface area contributed by atoms with Gasteiger partial charge in [-0.05, 0) is 54.7 Å². The molecule has 1 heteroatoms. The van der Waals surface area contributed by atoms with E-state index in [2.05, 4.69) is 49.2 Å². The minimum absolute atomic E-state index is 1.07. The molecule has 1 heterocycles. The molecule has 0 bridgehead atoms. The molecule has 0 aliphatic rings. The zero-order chi connectivity index (χ0) is 11.5. The summed E-state index contributed by atoms with van der Waals surface area (Å²) in [6, 6.07) is 10.9. The van der Waals surface area contributed by atoms with Crippen molar-refractivity contribution < 1.29 is 0 Å². The lowest BCUT2D eigenvalue weighted by Gasteiger charge is -2.08. The normalized spacial score (nSPS) is 10.4. The minimum atomic E-state index is 1.07. The fourth-order valence-corrected chi connectivity index (χ4v) is 1.98. The molecule has 0 N–H and O–H groups in total. The van der Waals surface area contributed by atoms with Crippen LogP contribution in [-0.4, -0.2) is 4.98 Å². The van der Waals surface area contributed by atoms with E-state index in [-0.39, 0.29) is 0 Å². The molecule has 0 saturated heterocycles. The molecular weight excluding hydrogens is 194 g/mol. The molecule has 1 aromatic carbocycles. The SMILES string of the molecule is CCc1ccc(-c2ccnc(C)c2)c(C)c1. The van der Waals surface area contributed by atoms with Crippen LogP contribution >= 0.6 is 0 Å². The molecule has 1 aromatic heterocycles. The second-order valence-electron chi connectivity index (χ2n) is 4.19. The van der Waals surface area contributed by atoms with Gasteiger partial charge in [0, 0.05) is 11.9 Å². The van der Waals surface area contributed by atoms with E-state index < -0.39 is 0 Å². The molecule has 0 fully saturated rings. The summed E-state index contributed by atoms with van der Waals surface area (Å²) in [6.45, 7) is 6.38. The quantitative estimate of drug-likeness (QED) is 0.733. The lowest BCUT2D eigenvalue weighted by Crippen LogP contribution is -1.88. The zero-order valence-electron chi connectivity index (χ0n) is 10.1. The monoisotopic (exact) mass is 211 g/mol. The van der Waals surface area contributed by atoms with Crippen LogP contribution in [0.3, 0.4) is 0 Å². The van der Waals surface area contributed by atoms with Crippen LogP contribution in [0, 0.1) is 13.8 Å². The molecule has 0 aliphatic heterocycles. The maximum atomic E-state index is 4.23. The van der Waals surface area contributed by atoms with Gasteiger partial charge in [-0.3, -0.25) is 4.98 Å². The van der Waals surface area contributed by atoms with Crippen molar-refractivity contribution in [1.29, 1.82) is 0 Å². The van der Waals surface area contributed by atoms with E-state index in [1.807, 2.05) is 13.1 Å². The first-order valence-corrected chi connectivity index (χ1v) is 5.73. The van der Waals surface area contributed by atoms with Crippen molar-refractivity contribution in [3.05, 3.63) is 53.3 Å². The van der Waals surface area contributed by atoms with Gasteiger partial charge in [0.1, 0.15) is 0 Å². The fourth-order valence-electron chi connectivity index (χ4n) is 1.98. The number of pyridine rings is 1. The van der Waals surface area contributed by atoms with E-state index in [1.54, 1.807) is 0 Å². The van der Waals surface area contributed by atoms with E-state index in [1.165, 1.54) is 22.3 Å². The van der Waals surface area contributed by atoms with Crippen LogP contribution in [0.25, 0.3) is 11.1 Å². The average molecular weight is 211 g/mol. The van der Waals surface area contributed by atoms with E-state index in [0.29, 0.717) is 0 Å². The van der Waals surface area contributed by atoms with Crippen molar-refractivity contribution >= 4 is 0 Å². The van der Waals surface area contributed by atoms with Crippen molar-refractivity contribution in [3.8, 4) is 11.1 Å². The summed E-state index contributed by atoms with van der Waals surface area (Å²) in [5.74, 6) is 0. The number of aromatic nitrogens is 1. The topological polar surface area (TPSA) is 12.9 Å². The molecule has 0 saturated carbocycles. The fraction of sp³-hybridized carbons (Fsp3) is 0.267. The first-order chi connectivity index (χ1) is 7.70. The highest BCUT2D eigenvalue weighted by Gasteiger charge is 2.02. The first kappa shape index (κ1) is 10.9. The maximum Gasteiger partial charge on any atom is 0.0378 e. The van der Waals surface area contributed by atoms with E-state index in [9.17, 15) is 0 Å². The predicted octanol–water partition coefficient (Wildman–Crippen LogP) is 3.93. The Morgan fingerprint density at radius 1 is 1.06 bits per heavy atom. The lowest BCUT2D eigenvalue weighted by atomic mass is 9.98. The van der Waals surface area contributed by atoms with Gasteiger partial charge in [-0.25, -0.2) is 0 Å². The number of rotatable bonds is 2. The molecule has 0 radical (unpaired) electrons. The Morgan fingerprint density at radius 2 is 1.88 bits per heavy atom. The standard InChI is InChI=1S/C15H17N/c1-4-13-5-6-15(11(2)9-13)14-7-8-16-12(3)10-14/h5-10H,4H2,1-3H3. The second kappa shape index (κ2) is 4.48. The minimum Gasteiger partial charge on any atom is -0.262 e. The second-order valence-corrected chi connectivity index (χ2v) is 4.19. The summed E-state index contributed by atoms with van der Waals surface area (Å²) >= 11 is 0. The smallest absolute Gasteiger partial charge is 0.0378 e. The van der Waals surface area contributed by atoms with Crippen LogP contribution in [0.4, 0.5) is 0 Å². The van der Waals surface area contributed by atoms with Crippen molar-refractivity contribution in [3.63, 3.8) is 0 Å². The van der Waals surface area contributed by atoms with E-state index in [0.717, 1.165) is 12.1 Å². The molecule has 0 atom stereocenters. The summed E-state index contributed by atoms with van der Waals surface area (Å²) in [6.07, 6.45) is 2.97. The number of aryl methyl sites for hydroxylation is 3. The highest BCUT2D eigenvalue weighted by Crippen LogP contribution is 2.24. The Balaban J connectivity index is 2.48. The molecule has 0 aliphatic carbocycles. The Bertz CT molecular complexity index is 501. The summed E-state index contributed by atoms with van der Waals surface area (Å²) in [7, 11) is 0. The number of hydrogen-bond acceptors (Lipinski definition) is 1. The van der Waals surface area contributed by atoms with Crippen LogP contribution in [0.1, 0.15) is 23.7 Å². The molecule has 2 rings (SSSR count). The molecule has 2 aromatic rings. The third-order valence-electron chi connectivity index (χ3n) is 2.91. The Hall–Kier alpha value is -1.63. The molecule has 0 spiro atoms. The maximum absolute atomic E-state index is 4.23. The highest BCUT2D eigenvalue weighted by atomic mass is 14.6. The van der Waals surface area contributed by atoms with Gasteiger partial charge in [0.15, 0.2) is 0 Å². The van der Waals surface area contributed by atoms with Gasteiger partial charge in [-0.2, -0.15) is 0 Å². The summed E-state index contributed by atoms with van der Waals surface area (Å²) in [5, 5.41) is 0. The van der Waals surface area contributed by atoms with E-state index >= 15 is 0 Å². The third kappa shape index (κ3) is 2.13. The Labute approximate surface area is 97.2 Å². The number of nitrogens with zero attached hydrogens (tertiary/aromatic N) is 1. The predicted molar refractivity (Wildman–Crippen MR) is 68.5 cm³/mol. The number of hydrogen-bond donors (Lipinski definition) is 0. The Morgan fingerprint density at radius 3 is 2.50 bits per heavy atom. The van der Waals surface area contributed by atoms with Crippen LogP contribution in [-0.2, 0) is 6.42 Å². The van der Waals surface area contributed by atoms with Crippen molar-refractivity contribution in [2.45, 2.75) is 27.2 Å². The van der Waals surface area contributed by atoms with Crippen LogP contribution in [0.5, 0.6) is 0 Å². The van der Waals surface area contributed by atoms with Crippen molar-refractivity contribution in [1.82, 2.24) is 4.98 Å². The molecular formula is C15H17N. The van der Waals surface area contributed by atoms with Gasteiger partial charge >= 0.3 is 0 Å². The van der Waals surface area contributed by atoms with Crippen LogP contribution in [0.15, 0.2) is 36.5 Å². The molecule has 1 nitrogen and oxygen atoms in total. The summed E-state index contributed by atoms with van der Waals surface area (Å²) in [5.41, 5.74) is 6.36. The van der Waals surface area contributed by atoms with Gasteiger partial charge in [0.2, 0.25) is 0 Å². The van der Waals surface area contributed by atoms with Gasteiger partial charge in [0.25, 0.3) is 0 Å². The largest absolute Gasteiger partial charge is 0.262 e. The molecule has 82 valence electrons. The van der Waals surface area contributed by atoms with Crippen LogP contribution in [0.2, 0.25) is 0 Å². The number of benzene rings is 1. The lowest BCUT2D eigenvalue weighted by molar-refractivity contribution is 1.13. The zero-order valence-corrected chi connectivity index (χ0v) is 10.1.